The number of halogens is 2. The topological polar surface area (TPSA) is 17.1 Å². The molecule has 2 heterocycles. The SMILES string of the molecule is CCc1c(Cl)sc(Cl)c1C(=O)c1cccs1. The number of ketones is 1. The maximum absolute atomic E-state index is 12.2. The number of carbonyl (C=O) groups excluding carboxylic acids is 1. The molecule has 2 aromatic rings. The first-order chi connectivity index (χ1) is 7.65. The summed E-state index contributed by atoms with van der Waals surface area (Å²) in [6.07, 6.45) is 0.717. The Balaban J connectivity index is 2.52. The second kappa shape index (κ2) is 4.88. The zero-order valence-electron chi connectivity index (χ0n) is 8.42. The van der Waals surface area contributed by atoms with Crippen LogP contribution in [0.3, 0.4) is 0 Å². The molecule has 0 N–H and O–H groups in total. The van der Waals surface area contributed by atoms with Crippen molar-refractivity contribution in [2.75, 3.05) is 0 Å². The Morgan fingerprint density at radius 2 is 2.12 bits per heavy atom. The average Bonchev–Trinajstić information content (AvgIpc) is 2.84. The molecule has 0 fully saturated rings. The fourth-order valence-electron chi connectivity index (χ4n) is 1.48. The molecule has 0 spiro atoms. The standard InChI is InChI=1S/C11H8Cl2OS2/c1-2-6-8(11(13)16-10(6)12)9(14)7-4-3-5-15-7/h3-5H,2H2,1H3. The lowest BCUT2D eigenvalue weighted by atomic mass is 10.1. The molecule has 1 nitrogen and oxygen atoms in total. The molecule has 0 aliphatic rings. The summed E-state index contributed by atoms with van der Waals surface area (Å²) in [4.78, 5) is 12.9. The second-order valence-electron chi connectivity index (χ2n) is 3.16. The summed E-state index contributed by atoms with van der Waals surface area (Å²) in [5, 5.41) is 1.88. The van der Waals surface area contributed by atoms with Crippen LogP contribution in [0.4, 0.5) is 0 Å². The molecular weight excluding hydrogens is 283 g/mol. The molecule has 0 amide bonds. The molecule has 0 radical (unpaired) electrons. The van der Waals surface area contributed by atoms with Crippen molar-refractivity contribution in [3.05, 3.63) is 42.2 Å². The van der Waals surface area contributed by atoms with Crippen LogP contribution < -0.4 is 0 Å². The lowest BCUT2D eigenvalue weighted by Crippen LogP contribution is -2.01. The van der Waals surface area contributed by atoms with Crippen molar-refractivity contribution in [3.8, 4) is 0 Å². The van der Waals surface area contributed by atoms with E-state index in [0.29, 0.717) is 25.5 Å². The van der Waals surface area contributed by atoms with Gasteiger partial charge in [0.2, 0.25) is 5.78 Å². The third-order valence-electron chi connectivity index (χ3n) is 2.24. The van der Waals surface area contributed by atoms with E-state index in [4.69, 9.17) is 23.2 Å². The number of carbonyl (C=O) groups is 1. The Kier molecular flexibility index (Phi) is 3.70. The molecule has 0 saturated heterocycles. The monoisotopic (exact) mass is 290 g/mol. The number of hydrogen-bond acceptors (Lipinski definition) is 3. The minimum atomic E-state index is -0.0278. The molecule has 0 saturated carbocycles. The molecule has 84 valence electrons. The maximum atomic E-state index is 12.2. The third kappa shape index (κ3) is 2.05. The number of hydrogen-bond donors (Lipinski definition) is 0. The summed E-state index contributed by atoms with van der Waals surface area (Å²) in [5.41, 5.74) is 1.43. The van der Waals surface area contributed by atoms with Crippen LogP contribution in [0.2, 0.25) is 8.67 Å². The van der Waals surface area contributed by atoms with Crippen molar-refractivity contribution < 1.29 is 4.79 Å². The summed E-state index contributed by atoms with van der Waals surface area (Å²) in [6.45, 7) is 1.97. The van der Waals surface area contributed by atoms with Crippen LogP contribution in [0, 0.1) is 0 Å². The second-order valence-corrected chi connectivity index (χ2v) is 6.34. The molecule has 16 heavy (non-hydrogen) atoms. The first kappa shape index (κ1) is 12.1. The summed E-state index contributed by atoms with van der Waals surface area (Å²) >= 11 is 14.8. The minimum Gasteiger partial charge on any atom is -0.288 e. The van der Waals surface area contributed by atoms with Gasteiger partial charge in [0.05, 0.1) is 14.8 Å². The fraction of sp³-hybridized carbons (Fsp3) is 0.182. The maximum Gasteiger partial charge on any atom is 0.205 e. The smallest absolute Gasteiger partial charge is 0.205 e. The number of thiophene rings is 2. The van der Waals surface area contributed by atoms with E-state index in [9.17, 15) is 4.79 Å². The molecule has 2 rings (SSSR count). The zero-order chi connectivity index (χ0) is 11.7. The van der Waals surface area contributed by atoms with Crippen LogP contribution in [0.15, 0.2) is 17.5 Å². The fourth-order valence-corrected chi connectivity index (χ4v) is 4.01. The quantitative estimate of drug-likeness (QED) is 0.734. The molecule has 0 atom stereocenters. The van der Waals surface area contributed by atoms with E-state index in [1.807, 2.05) is 18.4 Å². The van der Waals surface area contributed by atoms with Crippen molar-refractivity contribution in [2.24, 2.45) is 0 Å². The van der Waals surface area contributed by atoms with Gasteiger partial charge in [-0.3, -0.25) is 4.79 Å². The Morgan fingerprint density at radius 3 is 2.69 bits per heavy atom. The zero-order valence-corrected chi connectivity index (χ0v) is 11.6. The lowest BCUT2D eigenvalue weighted by Gasteiger charge is -2.00. The largest absolute Gasteiger partial charge is 0.288 e. The van der Waals surface area contributed by atoms with Gasteiger partial charge in [0.15, 0.2) is 0 Å². The van der Waals surface area contributed by atoms with E-state index in [2.05, 4.69) is 0 Å². The van der Waals surface area contributed by atoms with Gasteiger partial charge in [-0.1, -0.05) is 36.2 Å². The Morgan fingerprint density at radius 1 is 1.38 bits per heavy atom. The molecule has 0 aliphatic heterocycles. The van der Waals surface area contributed by atoms with E-state index in [1.54, 1.807) is 6.07 Å². The highest BCUT2D eigenvalue weighted by atomic mass is 35.5. The Hall–Kier alpha value is -0.350. The van der Waals surface area contributed by atoms with Crippen LogP contribution in [-0.4, -0.2) is 5.78 Å². The first-order valence-corrected chi connectivity index (χ1v) is 7.15. The molecule has 0 unspecified atom stereocenters. The van der Waals surface area contributed by atoms with E-state index >= 15 is 0 Å². The molecule has 2 aromatic heterocycles. The number of rotatable bonds is 3. The van der Waals surface area contributed by atoms with Gasteiger partial charge in [-0.2, -0.15) is 0 Å². The molecule has 0 aromatic carbocycles. The molecular formula is C11H8Cl2OS2. The Labute approximate surface area is 112 Å². The van der Waals surface area contributed by atoms with Crippen molar-refractivity contribution >= 4 is 51.7 Å². The first-order valence-electron chi connectivity index (χ1n) is 4.70. The van der Waals surface area contributed by atoms with Crippen LogP contribution >= 0.6 is 45.9 Å². The Bertz CT molecular complexity index is 514. The highest BCUT2D eigenvalue weighted by molar-refractivity contribution is 7.20. The molecule has 0 bridgehead atoms. The van der Waals surface area contributed by atoms with Crippen molar-refractivity contribution in [2.45, 2.75) is 13.3 Å². The minimum absolute atomic E-state index is 0.0278. The van der Waals surface area contributed by atoms with Crippen LogP contribution in [0.1, 0.15) is 27.7 Å². The molecule has 5 heteroatoms. The van der Waals surface area contributed by atoms with Gasteiger partial charge in [-0.25, -0.2) is 0 Å². The van der Waals surface area contributed by atoms with Gasteiger partial charge in [0.25, 0.3) is 0 Å². The average molecular weight is 291 g/mol. The third-order valence-corrected chi connectivity index (χ3v) is 4.80. The summed E-state index contributed by atoms with van der Waals surface area (Å²) in [6, 6.07) is 3.65. The van der Waals surface area contributed by atoms with Gasteiger partial charge < -0.3 is 0 Å². The summed E-state index contributed by atoms with van der Waals surface area (Å²) in [5.74, 6) is -0.0278. The highest BCUT2D eigenvalue weighted by Crippen LogP contribution is 2.38. The van der Waals surface area contributed by atoms with Gasteiger partial charge in [-0.15, -0.1) is 22.7 Å². The van der Waals surface area contributed by atoms with Crippen molar-refractivity contribution in [1.29, 1.82) is 0 Å². The normalized spacial score (nSPS) is 10.7. The van der Waals surface area contributed by atoms with E-state index in [0.717, 1.165) is 5.56 Å². The van der Waals surface area contributed by atoms with Gasteiger partial charge >= 0.3 is 0 Å². The summed E-state index contributed by atoms with van der Waals surface area (Å²) in [7, 11) is 0. The van der Waals surface area contributed by atoms with Crippen molar-refractivity contribution in [3.63, 3.8) is 0 Å². The van der Waals surface area contributed by atoms with E-state index in [-0.39, 0.29) is 5.78 Å². The summed E-state index contributed by atoms with van der Waals surface area (Å²) < 4.78 is 1.10. The predicted octanol–water partition coefficient (Wildman–Crippen LogP) is 4.91. The highest BCUT2D eigenvalue weighted by Gasteiger charge is 2.22. The van der Waals surface area contributed by atoms with Crippen LogP contribution in [0.5, 0.6) is 0 Å². The van der Waals surface area contributed by atoms with Gasteiger partial charge in [-0.05, 0) is 23.4 Å². The van der Waals surface area contributed by atoms with Crippen LogP contribution in [0.25, 0.3) is 0 Å². The lowest BCUT2D eigenvalue weighted by molar-refractivity contribution is 0.104. The van der Waals surface area contributed by atoms with Gasteiger partial charge in [0.1, 0.15) is 4.34 Å². The van der Waals surface area contributed by atoms with Crippen molar-refractivity contribution in [1.82, 2.24) is 0 Å². The van der Waals surface area contributed by atoms with E-state index in [1.165, 1.54) is 22.7 Å². The van der Waals surface area contributed by atoms with E-state index < -0.39 is 0 Å². The van der Waals surface area contributed by atoms with Gasteiger partial charge in [0, 0.05) is 0 Å². The van der Waals surface area contributed by atoms with Crippen LogP contribution in [-0.2, 0) is 6.42 Å². The molecule has 0 aliphatic carbocycles. The predicted molar refractivity (Wildman–Crippen MR) is 71.5 cm³/mol.